The van der Waals surface area contributed by atoms with Gasteiger partial charge in [-0.3, -0.25) is 9.59 Å². The van der Waals surface area contributed by atoms with Crippen molar-refractivity contribution in [2.24, 2.45) is 5.92 Å². The molecule has 0 aliphatic carbocycles. The van der Waals surface area contributed by atoms with Crippen molar-refractivity contribution in [3.05, 3.63) is 50.8 Å². The van der Waals surface area contributed by atoms with Gasteiger partial charge in [-0.25, -0.2) is 4.79 Å². The molecule has 40 heavy (non-hydrogen) atoms. The van der Waals surface area contributed by atoms with Crippen molar-refractivity contribution in [2.75, 3.05) is 25.0 Å². The Morgan fingerprint density at radius 1 is 1.20 bits per heavy atom. The number of benzene rings is 1. The van der Waals surface area contributed by atoms with Crippen LogP contribution in [0.15, 0.2) is 22.7 Å². The second-order valence-corrected chi connectivity index (χ2v) is 11.7. The number of aryl methyl sites for hydroxylation is 1. The molecule has 0 bridgehead atoms. The summed E-state index contributed by atoms with van der Waals surface area (Å²) in [5.41, 5.74) is 0.638. The highest BCUT2D eigenvalue weighted by molar-refractivity contribution is 9.10. The van der Waals surface area contributed by atoms with Gasteiger partial charge in [0.2, 0.25) is 6.41 Å². The lowest BCUT2D eigenvalue weighted by atomic mass is 9.97. The average Bonchev–Trinajstić information content (AvgIpc) is 3.31. The van der Waals surface area contributed by atoms with Crippen LogP contribution >= 0.6 is 15.9 Å². The lowest BCUT2D eigenvalue weighted by Gasteiger charge is -2.33. The molecule has 1 aromatic carbocycles. The van der Waals surface area contributed by atoms with E-state index in [0.29, 0.717) is 42.5 Å². The van der Waals surface area contributed by atoms with E-state index in [2.05, 4.69) is 31.5 Å². The smallest absolute Gasteiger partial charge is 0.418 e. The van der Waals surface area contributed by atoms with Crippen molar-refractivity contribution in [3.63, 3.8) is 0 Å². The maximum atomic E-state index is 13.3. The molecule has 12 heteroatoms. The second kappa shape index (κ2) is 12.5. The Balaban J connectivity index is 0.000000232. The van der Waals surface area contributed by atoms with Crippen LogP contribution in [0.5, 0.6) is 0 Å². The lowest BCUT2D eigenvalue weighted by molar-refractivity contribution is -0.138. The normalized spacial score (nSPS) is 16.7. The summed E-state index contributed by atoms with van der Waals surface area (Å²) in [5, 5.41) is 5.34. The van der Waals surface area contributed by atoms with Gasteiger partial charge in [0.05, 0.1) is 16.8 Å². The molecule has 2 aliphatic heterocycles. The van der Waals surface area contributed by atoms with Crippen molar-refractivity contribution >= 4 is 51.7 Å². The van der Waals surface area contributed by atoms with Crippen LogP contribution in [0.4, 0.5) is 23.7 Å². The number of carbonyl (C=O) groups excluding carboxylic acids is 3. The first-order chi connectivity index (χ1) is 18.6. The van der Waals surface area contributed by atoms with Crippen molar-refractivity contribution in [1.29, 1.82) is 0 Å². The molecule has 0 radical (unpaired) electrons. The van der Waals surface area contributed by atoms with Crippen LogP contribution in [-0.4, -0.2) is 53.5 Å². The molecule has 2 aliphatic rings. The topological polar surface area (TPSA) is 104 Å². The predicted octanol–water partition coefficient (Wildman–Crippen LogP) is 6.29. The Kier molecular flexibility index (Phi) is 9.76. The van der Waals surface area contributed by atoms with Crippen molar-refractivity contribution in [3.8, 4) is 0 Å². The van der Waals surface area contributed by atoms with Gasteiger partial charge in [0.1, 0.15) is 5.60 Å². The highest BCUT2D eigenvalue weighted by Crippen LogP contribution is 2.40. The fraction of sp³-hybridized carbons (Fsp3) is 0.464. The van der Waals surface area contributed by atoms with E-state index in [-0.39, 0.29) is 22.9 Å². The molecule has 0 unspecified atom stereocenters. The zero-order chi connectivity index (χ0) is 29.8. The molecule has 2 aromatic rings. The van der Waals surface area contributed by atoms with Gasteiger partial charge in [0.25, 0.3) is 5.91 Å². The highest BCUT2D eigenvalue weighted by Gasteiger charge is 2.37. The zero-order valence-electron chi connectivity index (χ0n) is 23.1. The molecule has 3 N–H and O–H groups in total. The summed E-state index contributed by atoms with van der Waals surface area (Å²) in [5.74, 6) is 0.0509. The maximum Gasteiger partial charge on any atom is 0.418 e. The van der Waals surface area contributed by atoms with E-state index in [9.17, 15) is 27.6 Å². The predicted molar refractivity (Wildman–Crippen MR) is 151 cm³/mol. The SMILES string of the molecule is CC(C)(C)OC(=O)N1CCC(CNC=O)CC1.Cc1[nH]c(/C=C2\C(=O)Nc3ccc(Br)cc32)c(C(F)(F)F)c1C. The fourth-order valence-corrected chi connectivity index (χ4v) is 4.89. The molecule has 3 heterocycles. The molecular weight excluding hydrogens is 593 g/mol. The third kappa shape index (κ3) is 7.89. The number of hydrogen-bond acceptors (Lipinski definition) is 4. The summed E-state index contributed by atoms with van der Waals surface area (Å²) < 4.78 is 45.9. The number of anilines is 1. The molecule has 4 rings (SSSR count). The quantitative estimate of drug-likeness (QED) is 0.274. The minimum atomic E-state index is -4.49. The number of aromatic nitrogens is 1. The first-order valence-corrected chi connectivity index (χ1v) is 13.6. The molecule has 8 nitrogen and oxygen atoms in total. The van der Waals surface area contributed by atoms with Crippen LogP contribution < -0.4 is 10.6 Å². The van der Waals surface area contributed by atoms with Crippen LogP contribution in [0.1, 0.15) is 61.7 Å². The van der Waals surface area contributed by atoms with Crippen LogP contribution in [0, 0.1) is 19.8 Å². The second-order valence-electron chi connectivity index (χ2n) is 10.8. The molecule has 3 amide bonds. The van der Waals surface area contributed by atoms with E-state index in [4.69, 9.17) is 4.74 Å². The number of carbonyl (C=O) groups is 3. The molecule has 1 aromatic heterocycles. The first-order valence-electron chi connectivity index (χ1n) is 12.8. The van der Waals surface area contributed by atoms with E-state index in [0.717, 1.165) is 23.7 Å². The number of halogens is 4. The number of piperidine rings is 1. The van der Waals surface area contributed by atoms with Gasteiger partial charge in [-0.15, -0.1) is 0 Å². The largest absolute Gasteiger partial charge is 0.444 e. The number of likely N-dealkylation sites (tertiary alicyclic amines) is 1. The monoisotopic (exact) mass is 626 g/mol. The van der Waals surface area contributed by atoms with Gasteiger partial charge in [0, 0.05) is 41.1 Å². The molecule has 0 saturated carbocycles. The highest BCUT2D eigenvalue weighted by atomic mass is 79.9. The number of ether oxygens (including phenoxy) is 1. The number of nitrogens with one attached hydrogen (secondary N) is 3. The van der Waals surface area contributed by atoms with E-state index in [1.54, 1.807) is 30.0 Å². The molecule has 0 atom stereocenters. The van der Waals surface area contributed by atoms with E-state index in [1.807, 2.05) is 20.8 Å². The van der Waals surface area contributed by atoms with E-state index in [1.165, 1.54) is 13.0 Å². The minimum Gasteiger partial charge on any atom is -0.444 e. The lowest BCUT2D eigenvalue weighted by Crippen LogP contribution is -2.43. The summed E-state index contributed by atoms with van der Waals surface area (Å²) in [6.45, 7) is 10.7. The van der Waals surface area contributed by atoms with E-state index < -0.39 is 23.2 Å². The summed E-state index contributed by atoms with van der Waals surface area (Å²) in [4.78, 5) is 38.5. The number of fused-ring (bicyclic) bond motifs is 1. The van der Waals surface area contributed by atoms with Crippen LogP contribution in [0.2, 0.25) is 0 Å². The molecule has 1 fully saturated rings. The molecule has 0 spiro atoms. The van der Waals surface area contributed by atoms with E-state index >= 15 is 0 Å². The van der Waals surface area contributed by atoms with Gasteiger partial charge in [-0.05, 0) is 83.2 Å². The Labute approximate surface area is 239 Å². The number of alkyl halides is 3. The van der Waals surface area contributed by atoms with Crippen LogP contribution in [0.25, 0.3) is 11.6 Å². The Morgan fingerprint density at radius 3 is 2.42 bits per heavy atom. The Hall–Kier alpha value is -3.28. The molecule has 218 valence electrons. The summed E-state index contributed by atoms with van der Waals surface area (Å²) in [6, 6.07) is 5.16. The van der Waals surface area contributed by atoms with Gasteiger partial charge >= 0.3 is 12.3 Å². The van der Waals surface area contributed by atoms with Crippen molar-refractivity contribution in [2.45, 2.75) is 59.2 Å². The number of hydrogen-bond donors (Lipinski definition) is 3. The Morgan fingerprint density at radius 2 is 1.85 bits per heavy atom. The number of aromatic amines is 1. The Bertz CT molecular complexity index is 1290. The third-order valence-corrected chi connectivity index (χ3v) is 7.12. The zero-order valence-corrected chi connectivity index (χ0v) is 24.7. The minimum absolute atomic E-state index is 0.106. The van der Waals surface area contributed by atoms with Crippen LogP contribution in [-0.2, 0) is 20.5 Å². The molecular formula is C28H34BrF3N4O4. The number of rotatable bonds is 4. The number of H-pyrrole nitrogens is 1. The van der Waals surface area contributed by atoms with Gasteiger partial charge in [-0.2, -0.15) is 13.2 Å². The number of amides is 3. The van der Waals surface area contributed by atoms with Gasteiger partial charge < -0.3 is 25.3 Å². The summed E-state index contributed by atoms with van der Waals surface area (Å²) in [6.07, 6.45) is -0.910. The van der Waals surface area contributed by atoms with Crippen molar-refractivity contribution < 1.29 is 32.3 Å². The average molecular weight is 628 g/mol. The number of nitrogens with zero attached hydrogens (tertiary/aromatic N) is 1. The fourth-order valence-electron chi connectivity index (χ4n) is 4.53. The first kappa shape index (κ1) is 31.3. The molecule has 1 saturated heterocycles. The standard InChI is InChI=1S/C16H12BrF3N2O.C12H22N2O3/c1-7-8(2)21-13(14(7)16(18,19)20)6-11-10-5-9(17)3-4-12(10)22-15(11)23;1-12(2,3)17-11(16)14-6-4-10(5-7-14)8-13-9-15/h3-6,21H,1-2H3,(H,22,23);9-10H,4-8H2,1-3H3,(H,13,15)/b11-6-;. The maximum absolute atomic E-state index is 13.3. The summed E-state index contributed by atoms with van der Waals surface area (Å²) in [7, 11) is 0. The summed E-state index contributed by atoms with van der Waals surface area (Å²) >= 11 is 3.31. The van der Waals surface area contributed by atoms with Gasteiger partial charge in [0.15, 0.2) is 0 Å². The third-order valence-electron chi connectivity index (χ3n) is 6.62. The van der Waals surface area contributed by atoms with Gasteiger partial charge in [-0.1, -0.05) is 15.9 Å². The van der Waals surface area contributed by atoms with Crippen molar-refractivity contribution in [1.82, 2.24) is 15.2 Å². The van der Waals surface area contributed by atoms with Crippen LogP contribution in [0.3, 0.4) is 0 Å².